The second kappa shape index (κ2) is 3.69. The fraction of sp³-hybridized carbons (Fsp3) is 0.600. The number of fused-ring (bicyclic) bond motifs is 1. The summed E-state index contributed by atoms with van der Waals surface area (Å²) >= 11 is 6.03. The molecule has 3 aliphatic rings. The predicted octanol–water partition coefficient (Wildman–Crippen LogP) is 0.292. The Balaban J connectivity index is 1.96. The highest BCUT2D eigenvalue weighted by Crippen LogP contribution is 2.36. The Morgan fingerprint density at radius 3 is 2.94 bits per heavy atom. The summed E-state index contributed by atoms with van der Waals surface area (Å²) < 4.78 is 0. The zero-order valence-corrected chi connectivity index (χ0v) is 9.80. The second-order valence-electron chi connectivity index (χ2n) is 4.51. The maximum atomic E-state index is 9.56. The molecule has 1 aliphatic carbocycles. The van der Waals surface area contributed by atoms with E-state index in [4.69, 9.17) is 17.3 Å². The summed E-state index contributed by atoms with van der Waals surface area (Å²) in [5.41, 5.74) is 6.65. The molecule has 0 aromatic rings. The van der Waals surface area contributed by atoms with Crippen LogP contribution in [0.1, 0.15) is 19.3 Å². The topological polar surface area (TPSA) is 95.7 Å². The third-order valence-corrected chi connectivity index (χ3v) is 3.61. The van der Waals surface area contributed by atoms with Gasteiger partial charge < -0.3 is 5.11 Å². The van der Waals surface area contributed by atoms with Crippen LogP contribution >= 0.6 is 11.6 Å². The molecule has 1 fully saturated rings. The number of amidine groups is 1. The Morgan fingerprint density at radius 1 is 1.41 bits per heavy atom. The molecule has 7 heteroatoms. The summed E-state index contributed by atoms with van der Waals surface area (Å²) in [7, 11) is 0. The minimum atomic E-state index is -1.11. The number of aliphatic hydroxyl groups excluding tert-OH is 1. The molecule has 3 N–H and O–H groups in total. The number of nitrogens with zero attached hydrogens (tertiary/aromatic N) is 4. The largest absolute Gasteiger partial charge is 0.393 e. The molecule has 0 saturated heterocycles. The van der Waals surface area contributed by atoms with Crippen molar-refractivity contribution < 1.29 is 5.11 Å². The van der Waals surface area contributed by atoms with E-state index in [9.17, 15) is 5.11 Å². The second-order valence-corrected chi connectivity index (χ2v) is 4.87. The van der Waals surface area contributed by atoms with Gasteiger partial charge in [0.1, 0.15) is 12.1 Å². The van der Waals surface area contributed by atoms with Crippen LogP contribution in [-0.4, -0.2) is 40.1 Å². The zero-order valence-electron chi connectivity index (χ0n) is 9.04. The zero-order chi connectivity index (χ0) is 12.0. The van der Waals surface area contributed by atoms with Crippen LogP contribution < -0.4 is 5.73 Å². The van der Waals surface area contributed by atoms with E-state index in [2.05, 4.69) is 20.0 Å². The van der Waals surface area contributed by atoms with E-state index < -0.39 is 5.79 Å². The maximum absolute atomic E-state index is 9.56. The van der Waals surface area contributed by atoms with Gasteiger partial charge in [-0.05, 0) is 19.3 Å². The van der Waals surface area contributed by atoms with Gasteiger partial charge in [0.15, 0.2) is 11.0 Å². The summed E-state index contributed by atoms with van der Waals surface area (Å²) in [5, 5.41) is 9.81. The van der Waals surface area contributed by atoms with Crippen molar-refractivity contribution in [3.8, 4) is 0 Å². The highest BCUT2D eigenvalue weighted by atomic mass is 35.5. The molecule has 0 aromatic carbocycles. The van der Waals surface area contributed by atoms with Crippen molar-refractivity contribution in [3.05, 3.63) is 0 Å². The summed E-state index contributed by atoms with van der Waals surface area (Å²) in [6.07, 6.45) is 3.18. The molecule has 17 heavy (non-hydrogen) atoms. The lowest BCUT2D eigenvalue weighted by Crippen LogP contribution is -2.48. The Hall–Kier alpha value is -1.11. The van der Waals surface area contributed by atoms with Gasteiger partial charge >= 0.3 is 0 Å². The van der Waals surface area contributed by atoms with Crippen molar-refractivity contribution in [2.75, 3.05) is 0 Å². The Morgan fingerprint density at radius 2 is 2.24 bits per heavy atom. The van der Waals surface area contributed by atoms with Crippen molar-refractivity contribution in [1.82, 2.24) is 0 Å². The van der Waals surface area contributed by atoms with Gasteiger partial charge in [0, 0.05) is 5.92 Å². The molecule has 0 radical (unpaired) electrons. The van der Waals surface area contributed by atoms with E-state index in [0.29, 0.717) is 18.0 Å². The number of rotatable bonds is 1. The van der Waals surface area contributed by atoms with Gasteiger partial charge in [-0.2, -0.15) is 0 Å². The molecule has 0 aromatic heterocycles. The monoisotopic (exact) mass is 253 g/mol. The van der Waals surface area contributed by atoms with Gasteiger partial charge in [-0.1, -0.05) is 11.6 Å². The molecular formula is C10H12ClN5O. The first-order chi connectivity index (χ1) is 8.08. The molecule has 3 atom stereocenters. The molecule has 0 amide bonds. The first-order valence-corrected chi connectivity index (χ1v) is 5.89. The van der Waals surface area contributed by atoms with Crippen LogP contribution in [0.5, 0.6) is 0 Å². The summed E-state index contributed by atoms with van der Waals surface area (Å²) in [5.74, 6) is -0.671. The molecule has 1 unspecified atom stereocenters. The number of halogens is 1. The summed E-state index contributed by atoms with van der Waals surface area (Å²) in [4.78, 5) is 16.5. The highest BCUT2D eigenvalue weighted by molar-refractivity contribution is 6.94. The SMILES string of the molecule is NC1([C@H]2CC[C@@H](O)C2)N=C(Cl)C2=NC=NC2=N1. The molecule has 6 nitrogen and oxygen atoms in total. The third-order valence-electron chi connectivity index (χ3n) is 3.34. The molecular weight excluding hydrogens is 242 g/mol. The lowest BCUT2D eigenvalue weighted by molar-refractivity contribution is 0.167. The standard InChI is InChI=1S/C10H12ClN5O/c11-8-7-9(14-4-13-7)16-10(12,15-8)5-1-2-6(17)3-5/h4-6,17H,1-3,12H2/t5-,6+,10?/m0/s1. The first-order valence-electron chi connectivity index (χ1n) is 5.52. The van der Waals surface area contributed by atoms with Gasteiger partial charge in [0.25, 0.3) is 0 Å². The van der Waals surface area contributed by atoms with E-state index >= 15 is 0 Å². The quantitative estimate of drug-likeness (QED) is 0.703. The fourth-order valence-corrected chi connectivity index (χ4v) is 2.69. The molecule has 2 heterocycles. The van der Waals surface area contributed by atoms with E-state index in [1.807, 2.05) is 0 Å². The summed E-state index contributed by atoms with van der Waals surface area (Å²) in [6, 6.07) is 0. The van der Waals surface area contributed by atoms with Gasteiger partial charge in [-0.15, -0.1) is 0 Å². The Kier molecular flexibility index (Phi) is 2.39. The van der Waals surface area contributed by atoms with Crippen molar-refractivity contribution in [2.24, 2.45) is 31.6 Å². The number of nitrogens with two attached hydrogens (primary N) is 1. The maximum Gasteiger partial charge on any atom is 0.209 e. The van der Waals surface area contributed by atoms with Gasteiger partial charge in [-0.25, -0.2) is 20.0 Å². The number of aliphatic imine (C=N–C) groups is 4. The van der Waals surface area contributed by atoms with E-state index in [1.165, 1.54) is 6.34 Å². The third kappa shape index (κ3) is 1.72. The van der Waals surface area contributed by atoms with Crippen molar-refractivity contribution in [1.29, 1.82) is 0 Å². The average Bonchev–Trinajstić information content (AvgIpc) is 2.86. The average molecular weight is 254 g/mol. The van der Waals surface area contributed by atoms with Crippen LogP contribution in [0, 0.1) is 5.92 Å². The van der Waals surface area contributed by atoms with Crippen LogP contribution in [0.2, 0.25) is 0 Å². The minimum Gasteiger partial charge on any atom is -0.393 e. The smallest absolute Gasteiger partial charge is 0.209 e. The highest BCUT2D eigenvalue weighted by Gasteiger charge is 2.43. The molecule has 0 bridgehead atoms. The van der Waals surface area contributed by atoms with Crippen molar-refractivity contribution in [3.63, 3.8) is 0 Å². The number of hydrogen-bond donors (Lipinski definition) is 2. The van der Waals surface area contributed by atoms with E-state index in [1.54, 1.807) is 0 Å². The number of aliphatic hydroxyl groups is 1. The molecule has 3 rings (SSSR count). The molecule has 2 aliphatic heterocycles. The van der Waals surface area contributed by atoms with Gasteiger partial charge in [0.05, 0.1) is 6.10 Å². The lowest BCUT2D eigenvalue weighted by Gasteiger charge is -2.30. The molecule has 0 spiro atoms. The predicted molar refractivity (Wildman–Crippen MR) is 66.9 cm³/mol. The fourth-order valence-electron chi connectivity index (χ4n) is 2.42. The molecule has 90 valence electrons. The lowest BCUT2D eigenvalue weighted by atomic mass is 9.99. The minimum absolute atomic E-state index is 0.00361. The summed E-state index contributed by atoms with van der Waals surface area (Å²) in [6.45, 7) is 0. The van der Waals surface area contributed by atoms with E-state index in [0.717, 1.165) is 12.8 Å². The molecule has 1 saturated carbocycles. The normalized spacial score (nSPS) is 39.8. The van der Waals surface area contributed by atoms with Crippen LogP contribution in [-0.2, 0) is 0 Å². The van der Waals surface area contributed by atoms with Gasteiger partial charge in [0.2, 0.25) is 5.79 Å². The van der Waals surface area contributed by atoms with Crippen molar-refractivity contribution in [2.45, 2.75) is 31.2 Å². The Bertz CT molecular complexity index is 483. The van der Waals surface area contributed by atoms with E-state index in [-0.39, 0.29) is 17.2 Å². The van der Waals surface area contributed by atoms with Gasteiger partial charge in [-0.3, -0.25) is 5.73 Å². The first kappa shape index (κ1) is 11.0. The van der Waals surface area contributed by atoms with Crippen LogP contribution in [0.3, 0.4) is 0 Å². The van der Waals surface area contributed by atoms with Crippen LogP contribution in [0.15, 0.2) is 20.0 Å². The Labute approximate surface area is 103 Å². The van der Waals surface area contributed by atoms with Crippen LogP contribution in [0.25, 0.3) is 0 Å². The number of hydrogen-bond acceptors (Lipinski definition) is 6. The van der Waals surface area contributed by atoms with Crippen LogP contribution in [0.4, 0.5) is 0 Å². The van der Waals surface area contributed by atoms with Crippen molar-refractivity contribution >= 4 is 34.7 Å².